The van der Waals surface area contributed by atoms with Gasteiger partial charge in [0.1, 0.15) is 0 Å². The Morgan fingerprint density at radius 3 is 2.38 bits per heavy atom. The van der Waals surface area contributed by atoms with Crippen LogP contribution in [0.3, 0.4) is 0 Å². The van der Waals surface area contributed by atoms with Crippen LogP contribution >= 0.6 is 0 Å². The van der Waals surface area contributed by atoms with E-state index in [-0.39, 0.29) is 22.7 Å². The molecule has 8 atom stereocenters. The Balaban J connectivity index is 1.69. The predicted octanol–water partition coefficient (Wildman–Crippen LogP) is 5.38. The molecular formula is C25H36O4. The van der Waals surface area contributed by atoms with E-state index in [4.69, 9.17) is 0 Å². The Labute approximate surface area is 174 Å². The lowest BCUT2D eigenvalue weighted by molar-refractivity contribution is -0.165. The fourth-order valence-corrected chi connectivity index (χ4v) is 9.01. The van der Waals surface area contributed by atoms with Crippen LogP contribution in [-0.4, -0.2) is 22.2 Å². The standard InChI is InChI=1S/C25H36O4/c1-13(2)14-7-8-23(3)9-10-25(22(28)29)11-16-15(21(26)27)5-6-17(16)24(4)12-18(24)20(25)19(14)23/h13-14,17-20H,5-12H2,1-4H3,(H,26,27)(H,28,29)/t14-,17-,18-,19+,20+,23+,24+,25+/m1/s1. The van der Waals surface area contributed by atoms with Gasteiger partial charge in [-0.2, -0.15) is 0 Å². The van der Waals surface area contributed by atoms with Crippen molar-refractivity contribution in [3.8, 4) is 0 Å². The summed E-state index contributed by atoms with van der Waals surface area (Å²) in [5, 5.41) is 20.5. The van der Waals surface area contributed by atoms with Crippen LogP contribution < -0.4 is 0 Å². The molecule has 5 rings (SSSR count). The van der Waals surface area contributed by atoms with E-state index in [1.165, 1.54) is 12.8 Å². The molecule has 0 bridgehead atoms. The maximum atomic E-state index is 13.0. The van der Waals surface area contributed by atoms with Gasteiger partial charge >= 0.3 is 11.9 Å². The van der Waals surface area contributed by atoms with Gasteiger partial charge in [0.15, 0.2) is 0 Å². The monoisotopic (exact) mass is 400 g/mol. The first kappa shape index (κ1) is 19.6. The third-order valence-electron chi connectivity index (χ3n) is 10.6. The van der Waals surface area contributed by atoms with Crippen molar-refractivity contribution in [1.82, 2.24) is 0 Å². The smallest absolute Gasteiger partial charge is 0.331 e. The van der Waals surface area contributed by atoms with Crippen molar-refractivity contribution >= 4 is 11.9 Å². The van der Waals surface area contributed by atoms with Crippen LogP contribution in [0.25, 0.3) is 0 Å². The first-order valence-electron chi connectivity index (χ1n) is 11.7. The maximum Gasteiger partial charge on any atom is 0.331 e. The summed E-state index contributed by atoms with van der Waals surface area (Å²) in [5.41, 5.74) is 1.15. The summed E-state index contributed by atoms with van der Waals surface area (Å²) in [7, 11) is 0. The number of aliphatic carboxylic acids is 2. The van der Waals surface area contributed by atoms with Crippen molar-refractivity contribution < 1.29 is 19.8 Å². The van der Waals surface area contributed by atoms with Crippen LogP contribution in [0, 0.1) is 51.8 Å². The molecule has 2 N–H and O–H groups in total. The Morgan fingerprint density at radius 2 is 1.76 bits per heavy atom. The van der Waals surface area contributed by atoms with E-state index >= 15 is 0 Å². The van der Waals surface area contributed by atoms with Crippen LogP contribution in [0.5, 0.6) is 0 Å². The van der Waals surface area contributed by atoms with Gasteiger partial charge in [0.2, 0.25) is 0 Å². The highest BCUT2D eigenvalue weighted by Crippen LogP contribution is 2.78. The molecule has 0 aromatic rings. The molecule has 0 spiro atoms. The number of carbonyl (C=O) groups is 2. The Morgan fingerprint density at radius 1 is 1.03 bits per heavy atom. The van der Waals surface area contributed by atoms with E-state index in [0.29, 0.717) is 42.1 Å². The fourth-order valence-electron chi connectivity index (χ4n) is 9.01. The van der Waals surface area contributed by atoms with Crippen LogP contribution in [-0.2, 0) is 9.59 Å². The van der Waals surface area contributed by atoms with Gasteiger partial charge in [-0.15, -0.1) is 0 Å². The van der Waals surface area contributed by atoms with Crippen molar-refractivity contribution in [2.24, 2.45) is 51.8 Å². The maximum absolute atomic E-state index is 13.0. The summed E-state index contributed by atoms with van der Waals surface area (Å²) < 4.78 is 0. The molecule has 4 nitrogen and oxygen atoms in total. The minimum absolute atomic E-state index is 0.108. The molecule has 0 radical (unpaired) electrons. The molecule has 0 heterocycles. The first-order valence-corrected chi connectivity index (χ1v) is 11.7. The average molecular weight is 401 g/mol. The van der Waals surface area contributed by atoms with Crippen molar-refractivity contribution in [1.29, 1.82) is 0 Å². The third kappa shape index (κ3) is 2.38. The van der Waals surface area contributed by atoms with Crippen molar-refractivity contribution in [3.63, 3.8) is 0 Å². The second-order valence-electron chi connectivity index (χ2n) is 12.0. The number of hydrogen-bond acceptors (Lipinski definition) is 2. The molecule has 0 saturated heterocycles. The van der Waals surface area contributed by atoms with Gasteiger partial charge in [0, 0.05) is 5.57 Å². The molecule has 0 aromatic heterocycles. The Kier molecular flexibility index (Phi) is 3.98. The predicted molar refractivity (Wildman–Crippen MR) is 110 cm³/mol. The van der Waals surface area contributed by atoms with Gasteiger partial charge in [-0.3, -0.25) is 4.79 Å². The average Bonchev–Trinajstić information content (AvgIpc) is 2.99. The molecular weight excluding hydrogens is 364 g/mol. The quantitative estimate of drug-likeness (QED) is 0.667. The van der Waals surface area contributed by atoms with E-state index in [9.17, 15) is 19.8 Å². The Hall–Kier alpha value is -1.32. The highest BCUT2D eigenvalue weighted by atomic mass is 16.4. The van der Waals surface area contributed by atoms with Gasteiger partial charge in [-0.1, -0.05) is 33.3 Å². The number of hydrogen-bond donors (Lipinski definition) is 2. The van der Waals surface area contributed by atoms with E-state index in [1.54, 1.807) is 0 Å². The molecule has 5 aliphatic carbocycles. The molecule has 0 amide bonds. The number of carboxylic acid groups (broad SMARTS) is 2. The molecule has 0 unspecified atom stereocenters. The summed E-state index contributed by atoms with van der Waals surface area (Å²) in [5.74, 6) is 1.09. The summed E-state index contributed by atoms with van der Waals surface area (Å²) in [4.78, 5) is 25.0. The second-order valence-corrected chi connectivity index (χ2v) is 12.0. The van der Waals surface area contributed by atoms with Crippen LogP contribution in [0.1, 0.15) is 79.1 Å². The molecule has 4 heteroatoms. The summed E-state index contributed by atoms with van der Waals surface area (Å²) in [6.45, 7) is 9.40. The molecule has 29 heavy (non-hydrogen) atoms. The normalized spacial score (nSPS) is 50.4. The fraction of sp³-hybridized carbons (Fsp3) is 0.840. The highest BCUT2D eigenvalue weighted by Gasteiger charge is 2.73. The highest BCUT2D eigenvalue weighted by molar-refractivity contribution is 5.89. The van der Waals surface area contributed by atoms with E-state index in [1.807, 2.05) is 0 Å². The largest absolute Gasteiger partial charge is 0.481 e. The minimum atomic E-state index is -0.816. The van der Waals surface area contributed by atoms with Crippen molar-refractivity contribution in [2.75, 3.05) is 0 Å². The lowest BCUT2D eigenvalue weighted by Gasteiger charge is -2.54. The Bertz CT molecular complexity index is 812. The lowest BCUT2D eigenvalue weighted by atomic mass is 9.49. The third-order valence-corrected chi connectivity index (χ3v) is 10.6. The van der Waals surface area contributed by atoms with Crippen molar-refractivity contribution in [3.05, 3.63) is 11.1 Å². The topological polar surface area (TPSA) is 74.6 Å². The number of carboxylic acids is 2. The van der Waals surface area contributed by atoms with Gasteiger partial charge in [0.25, 0.3) is 0 Å². The molecule has 160 valence electrons. The molecule has 4 fully saturated rings. The van der Waals surface area contributed by atoms with Gasteiger partial charge < -0.3 is 10.2 Å². The van der Waals surface area contributed by atoms with Gasteiger partial charge in [-0.05, 0) is 97.7 Å². The van der Waals surface area contributed by atoms with Gasteiger partial charge in [-0.25, -0.2) is 4.79 Å². The summed E-state index contributed by atoms with van der Waals surface area (Å²) in [6.07, 6.45) is 7.25. The second kappa shape index (κ2) is 5.88. The zero-order chi connectivity index (χ0) is 20.9. The zero-order valence-electron chi connectivity index (χ0n) is 18.3. The summed E-state index contributed by atoms with van der Waals surface area (Å²) >= 11 is 0. The number of rotatable bonds is 3. The number of allylic oxidation sites excluding steroid dienone is 1. The van der Waals surface area contributed by atoms with E-state index < -0.39 is 17.4 Å². The molecule has 0 aliphatic heterocycles. The molecule has 4 saturated carbocycles. The summed E-state index contributed by atoms with van der Waals surface area (Å²) in [6, 6.07) is 0. The first-order chi connectivity index (χ1) is 13.5. The lowest BCUT2D eigenvalue weighted by Crippen LogP contribution is -2.53. The van der Waals surface area contributed by atoms with Crippen molar-refractivity contribution in [2.45, 2.75) is 79.1 Å². The van der Waals surface area contributed by atoms with Crippen LogP contribution in [0.2, 0.25) is 0 Å². The zero-order valence-corrected chi connectivity index (χ0v) is 18.3. The molecule has 5 aliphatic rings. The molecule has 0 aromatic carbocycles. The minimum Gasteiger partial charge on any atom is -0.481 e. The number of fused-ring (bicyclic) bond motifs is 7. The van der Waals surface area contributed by atoms with E-state index in [2.05, 4.69) is 27.7 Å². The van der Waals surface area contributed by atoms with Gasteiger partial charge in [0.05, 0.1) is 5.41 Å². The van der Waals surface area contributed by atoms with Crippen LogP contribution in [0.4, 0.5) is 0 Å². The van der Waals surface area contributed by atoms with Crippen LogP contribution in [0.15, 0.2) is 11.1 Å². The van der Waals surface area contributed by atoms with E-state index in [0.717, 1.165) is 31.3 Å². The SMILES string of the molecule is CC(C)[C@H]1CC[C@@]2(C)CC[C@]3(C(=O)O)CC4=C(C(=O)O)CC[C@H]4[C@]4(C)C[C@@H]4[C@H]3[C@H]12.